The Labute approximate surface area is 137 Å². The van der Waals surface area contributed by atoms with E-state index in [0.717, 1.165) is 70.2 Å². The van der Waals surface area contributed by atoms with E-state index in [1.165, 1.54) is 0 Å². The van der Waals surface area contributed by atoms with Crippen LogP contribution in [0.3, 0.4) is 0 Å². The Morgan fingerprint density at radius 1 is 1.30 bits per heavy atom. The molecular weight excluding hydrogens is 292 g/mol. The van der Waals surface area contributed by atoms with Gasteiger partial charge in [-0.05, 0) is 31.9 Å². The van der Waals surface area contributed by atoms with Crippen LogP contribution in [0.4, 0.5) is 5.69 Å². The number of nitrogens with zero attached hydrogens (tertiary/aromatic N) is 3. The summed E-state index contributed by atoms with van der Waals surface area (Å²) in [4.78, 5) is 21.3. The second-order valence-electron chi connectivity index (χ2n) is 6.30. The first-order chi connectivity index (χ1) is 11.2. The third kappa shape index (κ3) is 4.42. The van der Waals surface area contributed by atoms with Gasteiger partial charge in [0.15, 0.2) is 0 Å². The first-order valence-electron chi connectivity index (χ1n) is 8.50. The zero-order valence-corrected chi connectivity index (χ0v) is 13.8. The minimum atomic E-state index is -0.116. The van der Waals surface area contributed by atoms with E-state index >= 15 is 0 Å². The maximum atomic E-state index is 12.7. The van der Waals surface area contributed by atoms with E-state index in [9.17, 15) is 4.79 Å². The molecule has 1 aromatic heterocycles. The Bertz CT molecular complexity index is 531. The van der Waals surface area contributed by atoms with Gasteiger partial charge in [0.1, 0.15) is 6.04 Å². The van der Waals surface area contributed by atoms with Gasteiger partial charge in [0.25, 0.3) is 0 Å². The average molecular weight is 318 g/mol. The molecule has 0 aliphatic carbocycles. The van der Waals surface area contributed by atoms with Crippen LogP contribution in [0.2, 0.25) is 0 Å². The highest BCUT2D eigenvalue weighted by Crippen LogP contribution is 2.17. The lowest BCUT2D eigenvalue weighted by atomic mass is 10.0. The number of rotatable bonds is 5. The minimum absolute atomic E-state index is 0.116. The van der Waals surface area contributed by atoms with Gasteiger partial charge in [-0.25, -0.2) is 0 Å². The number of morpholine rings is 1. The number of anilines is 1. The number of pyridine rings is 1. The van der Waals surface area contributed by atoms with E-state index in [4.69, 9.17) is 4.74 Å². The van der Waals surface area contributed by atoms with Crippen molar-refractivity contribution in [2.24, 2.45) is 0 Å². The standard InChI is InChI=1S/C17H26N4O2/c1-14-13-15(4-5-18-14)19-16-3-2-6-21(17(16)22)8-7-20-9-11-23-12-10-20/h4-5,13,16H,2-3,6-12H2,1H3,(H,18,19). The van der Waals surface area contributed by atoms with E-state index < -0.39 is 0 Å². The summed E-state index contributed by atoms with van der Waals surface area (Å²) < 4.78 is 5.37. The maximum Gasteiger partial charge on any atom is 0.245 e. The fraction of sp³-hybridized carbons (Fsp3) is 0.647. The highest BCUT2D eigenvalue weighted by Gasteiger charge is 2.28. The number of carbonyl (C=O) groups excluding carboxylic acids is 1. The van der Waals surface area contributed by atoms with Crippen molar-refractivity contribution in [1.82, 2.24) is 14.8 Å². The predicted molar refractivity (Wildman–Crippen MR) is 89.5 cm³/mol. The third-order valence-corrected chi connectivity index (χ3v) is 4.56. The van der Waals surface area contributed by atoms with Crippen LogP contribution in [-0.4, -0.2) is 72.7 Å². The van der Waals surface area contributed by atoms with Crippen molar-refractivity contribution < 1.29 is 9.53 Å². The summed E-state index contributed by atoms with van der Waals surface area (Å²) in [6.45, 7) is 8.14. The molecule has 0 spiro atoms. The van der Waals surface area contributed by atoms with Crippen molar-refractivity contribution in [3.8, 4) is 0 Å². The van der Waals surface area contributed by atoms with Gasteiger partial charge in [0, 0.05) is 50.3 Å². The molecule has 6 heteroatoms. The van der Waals surface area contributed by atoms with Crippen molar-refractivity contribution in [3.63, 3.8) is 0 Å². The van der Waals surface area contributed by atoms with Gasteiger partial charge in [-0.15, -0.1) is 0 Å². The molecule has 2 saturated heterocycles. The highest BCUT2D eigenvalue weighted by atomic mass is 16.5. The van der Waals surface area contributed by atoms with Crippen LogP contribution >= 0.6 is 0 Å². The quantitative estimate of drug-likeness (QED) is 0.882. The molecule has 0 radical (unpaired) electrons. The fourth-order valence-corrected chi connectivity index (χ4v) is 3.22. The molecule has 126 valence electrons. The number of piperidine rings is 1. The van der Waals surface area contributed by atoms with Crippen molar-refractivity contribution in [3.05, 3.63) is 24.0 Å². The molecule has 3 rings (SSSR count). The number of nitrogens with one attached hydrogen (secondary N) is 1. The topological polar surface area (TPSA) is 57.7 Å². The Kier molecular flexibility index (Phi) is 5.46. The molecule has 2 fully saturated rings. The largest absolute Gasteiger partial charge is 0.379 e. The first-order valence-corrected chi connectivity index (χ1v) is 8.50. The smallest absolute Gasteiger partial charge is 0.245 e. The molecule has 1 N–H and O–H groups in total. The summed E-state index contributed by atoms with van der Waals surface area (Å²) in [5.41, 5.74) is 1.94. The van der Waals surface area contributed by atoms with Gasteiger partial charge in [0.2, 0.25) is 5.91 Å². The molecule has 23 heavy (non-hydrogen) atoms. The van der Waals surface area contributed by atoms with Gasteiger partial charge in [-0.1, -0.05) is 0 Å². The number of carbonyl (C=O) groups is 1. The Morgan fingerprint density at radius 2 is 2.13 bits per heavy atom. The van der Waals surface area contributed by atoms with E-state index in [2.05, 4.69) is 15.2 Å². The molecule has 2 aliphatic heterocycles. The number of hydrogen-bond acceptors (Lipinski definition) is 5. The maximum absolute atomic E-state index is 12.7. The van der Waals surface area contributed by atoms with Crippen LogP contribution in [0, 0.1) is 6.92 Å². The van der Waals surface area contributed by atoms with Gasteiger partial charge in [-0.3, -0.25) is 14.7 Å². The molecule has 1 atom stereocenters. The average Bonchev–Trinajstić information content (AvgIpc) is 2.57. The Morgan fingerprint density at radius 3 is 2.91 bits per heavy atom. The molecule has 3 heterocycles. The molecule has 1 unspecified atom stereocenters. The van der Waals surface area contributed by atoms with Crippen LogP contribution in [0.1, 0.15) is 18.5 Å². The third-order valence-electron chi connectivity index (χ3n) is 4.56. The molecule has 1 amide bonds. The first kappa shape index (κ1) is 16.2. The van der Waals surface area contributed by atoms with Crippen molar-refractivity contribution in [1.29, 1.82) is 0 Å². The molecule has 2 aliphatic rings. The number of aryl methyl sites for hydroxylation is 1. The zero-order chi connectivity index (χ0) is 16.1. The second kappa shape index (κ2) is 7.75. The Balaban J connectivity index is 1.53. The summed E-state index contributed by atoms with van der Waals surface area (Å²) in [7, 11) is 0. The van der Waals surface area contributed by atoms with Gasteiger partial charge < -0.3 is 15.0 Å². The monoisotopic (exact) mass is 318 g/mol. The van der Waals surface area contributed by atoms with Crippen molar-refractivity contribution in [2.45, 2.75) is 25.8 Å². The van der Waals surface area contributed by atoms with Gasteiger partial charge in [-0.2, -0.15) is 0 Å². The number of likely N-dealkylation sites (tertiary alicyclic amines) is 1. The molecule has 0 saturated carbocycles. The SMILES string of the molecule is Cc1cc(NC2CCCN(CCN3CCOCC3)C2=O)ccn1. The summed E-state index contributed by atoms with van der Waals surface area (Å²) in [6, 6.07) is 3.79. The lowest BCUT2D eigenvalue weighted by Crippen LogP contribution is -2.50. The normalized spacial score (nSPS) is 23.1. The number of hydrogen-bond donors (Lipinski definition) is 1. The van der Waals surface area contributed by atoms with Crippen LogP contribution < -0.4 is 5.32 Å². The van der Waals surface area contributed by atoms with E-state index in [-0.39, 0.29) is 11.9 Å². The zero-order valence-electron chi connectivity index (χ0n) is 13.8. The lowest BCUT2D eigenvalue weighted by Gasteiger charge is -2.35. The second-order valence-corrected chi connectivity index (χ2v) is 6.30. The minimum Gasteiger partial charge on any atom is -0.379 e. The molecule has 6 nitrogen and oxygen atoms in total. The number of ether oxygens (including phenoxy) is 1. The van der Waals surface area contributed by atoms with Crippen molar-refractivity contribution >= 4 is 11.6 Å². The van der Waals surface area contributed by atoms with Crippen LogP contribution in [0.25, 0.3) is 0 Å². The Hall–Kier alpha value is -1.66. The molecule has 0 bridgehead atoms. The van der Waals surface area contributed by atoms with E-state index in [1.807, 2.05) is 24.0 Å². The van der Waals surface area contributed by atoms with Gasteiger partial charge in [0.05, 0.1) is 13.2 Å². The lowest BCUT2D eigenvalue weighted by molar-refractivity contribution is -0.134. The summed E-state index contributed by atoms with van der Waals surface area (Å²) in [5, 5.41) is 3.37. The summed E-state index contributed by atoms with van der Waals surface area (Å²) in [5.74, 6) is 0.221. The number of aromatic nitrogens is 1. The summed E-state index contributed by atoms with van der Waals surface area (Å²) in [6.07, 6.45) is 3.73. The molecule has 1 aromatic rings. The number of amides is 1. The van der Waals surface area contributed by atoms with E-state index in [1.54, 1.807) is 6.20 Å². The fourth-order valence-electron chi connectivity index (χ4n) is 3.22. The van der Waals surface area contributed by atoms with Crippen molar-refractivity contribution in [2.75, 3.05) is 51.3 Å². The predicted octanol–water partition coefficient (Wildman–Crippen LogP) is 1.13. The molecular formula is C17H26N4O2. The van der Waals surface area contributed by atoms with Crippen LogP contribution in [-0.2, 0) is 9.53 Å². The van der Waals surface area contributed by atoms with E-state index in [0.29, 0.717) is 0 Å². The van der Waals surface area contributed by atoms with Crippen LogP contribution in [0.5, 0.6) is 0 Å². The highest BCUT2D eigenvalue weighted by molar-refractivity contribution is 5.85. The summed E-state index contributed by atoms with van der Waals surface area (Å²) >= 11 is 0. The van der Waals surface area contributed by atoms with Crippen LogP contribution in [0.15, 0.2) is 18.3 Å². The molecule has 0 aromatic carbocycles. The van der Waals surface area contributed by atoms with Gasteiger partial charge >= 0.3 is 0 Å².